The summed E-state index contributed by atoms with van der Waals surface area (Å²) < 4.78 is 5.28. The van der Waals surface area contributed by atoms with Crippen LogP contribution in [0.3, 0.4) is 0 Å². The van der Waals surface area contributed by atoms with Crippen molar-refractivity contribution in [2.24, 2.45) is 11.8 Å². The number of unbranched alkanes of at least 4 members (excludes halogenated alkanes) is 1. The fraction of sp³-hybridized carbons (Fsp3) is 0.630. The maximum atomic E-state index is 13.2. The van der Waals surface area contributed by atoms with Crippen molar-refractivity contribution in [2.45, 2.75) is 91.5 Å². The van der Waals surface area contributed by atoms with Crippen LogP contribution in [0.25, 0.3) is 0 Å². The van der Waals surface area contributed by atoms with Crippen LogP contribution >= 0.6 is 0 Å². The number of carbonyl (C=O) groups excluding carboxylic acids is 4. The standard InChI is InChI=1S/C27H43N3O5/c1-7-8-14-22(17-31)30(6)26(33)24(16-20(4)5)28-25(32)23(15-19(2)3)29-27(34)35-18-21-12-10-9-11-13-21/h9-13,17,19-20,22-24H,7-8,14-16,18H2,1-6H3,(H,28,32)(H,29,34)/t22-,23-,24-/m0/s1. The minimum Gasteiger partial charge on any atom is -0.445 e. The number of likely N-dealkylation sites (N-methyl/N-ethyl adjacent to an activating group) is 1. The van der Waals surface area contributed by atoms with Gasteiger partial charge in [0.05, 0.1) is 6.04 Å². The van der Waals surface area contributed by atoms with Crippen LogP contribution in [0.2, 0.25) is 0 Å². The van der Waals surface area contributed by atoms with E-state index in [0.29, 0.717) is 19.3 Å². The highest BCUT2D eigenvalue weighted by molar-refractivity contribution is 5.92. The average Bonchev–Trinajstić information content (AvgIpc) is 2.81. The van der Waals surface area contributed by atoms with E-state index < -0.39 is 30.1 Å². The van der Waals surface area contributed by atoms with E-state index >= 15 is 0 Å². The average molecular weight is 490 g/mol. The first-order chi connectivity index (χ1) is 16.6. The minimum absolute atomic E-state index is 0.0901. The third kappa shape index (κ3) is 11.4. The van der Waals surface area contributed by atoms with Crippen LogP contribution < -0.4 is 10.6 Å². The lowest BCUT2D eigenvalue weighted by atomic mass is 9.99. The summed E-state index contributed by atoms with van der Waals surface area (Å²) in [5.41, 5.74) is 0.839. The lowest BCUT2D eigenvalue weighted by Gasteiger charge is -2.30. The highest BCUT2D eigenvalue weighted by Crippen LogP contribution is 2.13. The second kappa shape index (κ2) is 15.9. The molecule has 1 rings (SSSR count). The smallest absolute Gasteiger partial charge is 0.408 e. The Morgan fingerprint density at radius 3 is 2.11 bits per heavy atom. The van der Waals surface area contributed by atoms with Crippen LogP contribution in [0.1, 0.15) is 72.3 Å². The lowest BCUT2D eigenvalue weighted by Crippen LogP contribution is -2.56. The van der Waals surface area contributed by atoms with E-state index in [9.17, 15) is 19.2 Å². The number of ether oxygens (including phenoxy) is 1. The molecule has 196 valence electrons. The van der Waals surface area contributed by atoms with Gasteiger partial charge in [0.15, 0.2) is 0 Å². The van der Waals surface area contributed by atoms with Crippen molar-refractivity contribution in [1.29, 1.82) is 0 Å². The number of benzene rings is 1. The molecule has 0 spiro atoms. The number of carbonyl (C=O) groups is 4. The summed E-state index contributed by atoms with van der Waals surface area (Å²) >= 11 is 0. The Morgan fingerprint density at radius 2 is 1.57 bits per heavy atom. The molecule has 0 aromatic heterocycles. The topological polar surface area (TPSA) is 105 Å². The summed E-state index contributed by atoms with van der Waals surface area (Å²) in [4.78, 5) is 51.9. The van der Waals surface area contributed by atoms with Crippen molar-refractivity contribution >= 4 is 24.2 Å². The van der Waals surface area contributed by atoms with Crippen molar-refractivity contribution in [2.75, 3.05) is 7.05 Å². The molecule has 1 aromatic rings. The molecule has 35 heavy (non-hydrogen) atoms. The molecule has 0 radical (unpaired) electrons. The summed E-state index contributed by atoms with van der Waals surface area (Å²) in [6, 6.07) is 7.08. The molecule has 0 aliphatic heterocycles. The molecule has 3 atom stereocenters. The SMILES string of the molecule is CCCC[C@@H](C=O)N(C)C(=O)[C@H](CC(C)C)NC(=O)[C@H](CC(C)C)NC(=O)OCc1ccccc1. The minimum atomic E-state index is -0.854. The van der Waals surface area contributed by atoms with E-state index in [2.05, 4.69) is 10.6 Å². The van der Waals surface area contributed by atoms with E-state index in [1.807, 2.05) is 65.0 Å². The summed E-state index contributed by atoms with van der Waals surface area (Å²) in [6.45, 7) is 9.94. The quantitative estimate of drug-likeness (QED) is 0.361. The Bertz CT molecular complexity index is 797. The molecular weight excluding hydrogens is 446 g/mol. The Hall–Kier alpha value is -2.90. The van der Waals surface area contributed by atoms with Crippen molar-refractivity contribution in [3.63, 3.8) is 0 Å². The number of hydrogen-bond donors (Lipinski definition) is 2. The van der Waals surface area contributed by atoms with E-state index in [1.54, 1.807) is 7.05 Å². The van der Waals surface area contributed by atoms with Gasteiger partial charge in [-0.15, -0.1) is 0 Å². The normalized spacial score (nSPS) is 13.6. The predicted octanol–water partition coefficient (Wildman–Crippen LogP) is 4.07. The van der Waals surface area contributed by atoms with E-state index in [0.717, 1.165) is 24.7 Å². The molecule has 0 unspecified atom stereocenters. The van der Waals surface area contributed by atoms with Crippen LogP contribution in [0.4, 0.5) is 4.79 Å². The molecule has 0 aliphatic carbocycles. The van der Waals surface area contributed by atoms with Crippen LogP contribution in [0.15, 0.2) is 30.3 Å². The lowest BCUT2D eigenvalue weighted by molar-refractivity contribution is -0.139. The maximum Gasteiger partial charge on any atom is 0.408 e. The van der Waals surface area contributed by atoms with Crippen LogP contribution in [0.5, 0.6) is 0 Å². The molecule has 2 N–H and O–H groups in total. The maximum absolute atomic E-state index is 13.2. The molecule has 0 heterocycles. The predicted molar refractivity (Wildman–Crippen MR) is 137 cm³/mol. The fourth-order valence-corrected chi connectivity index (χ4v) is 3.75. The third-order valence-corrected chi connectivity index (χ3v) is 5.71. The molecule has 0 bridgehead atoms. The van der Waals surface area contributed by atoms with Crippen molar-refractivity contribution in [3.05, 3.63) is 35.9 Å². The molecule has 1 aromatic carbocycles. The Morgan fingerprint density at radius 1 is 0.971 bits per heavy atom. The number of nitrogens with one attached hydrogen (secondary N) is 2. The Labute approximate surface area is 210 Å². The van der Waals surface area contributed by atoms with Gasteiger partial charge in [0.1, 0.15) is 25.0 Å². The van der Waals surface area contributed by atoms with Gasteiger partial charge in [0.2, 0.25) is 11.8 Å². The van der Waals surface area contributed by atoms with Crippen molar-refractivity contribution in [1.82, 2.24) is 15.5 Å². The number of hydrogen-bond acceptors (Lipinski definition) is 5. The number of alkyl carbamates (subject to hydrolysis) is 1. The molecule has 0 fully saturated rings. The summed E-state index contributed by atoms with van der Waals surface area (Å²) in [5, 5.41) is 5.49. The van der Waals surface area contributed by atoms with E-state index in [-0.39, 0.29) is 24.3 Å². The van der Waals surface area contributed by atoms with Gasteiger partial charge >= 0.3 is 6.09 Å². The zero-order valence-corrected chi connectivity index (χ0v) is 22.1. The van der Waals surface area contributed by atoms with Crippen molar-refractivity contribution in [3.8, 4) is 0 Å². The first-order valence-electron chi connectivity index (χ1n) is 12.6. The van der Waals surface area contributed by atoms with Gasteiger partial charge in [0, 0.05) is 7.05 Å². The van der Waals surface area contributed by atoms with Crippen LogP contribution in [-0.2, 0) is 25.7 Å². The molecule has 0 aliphatic rings. The van der Waals surface area contributed by atoms with Gasteiger partial charge < -0.3 is 25.1 Å². The van der Waals surface area contributed by atoms with Crippen LogP contribution in [0, 0.1) is 11.8 Å². The van der Waals surface area contributed by atoms with E-state index in [1.165, 1.54) is 4.90 Å². The highest BCUT2D eigenvalue weighted by Gasteiger charge is 2.31. The summed E-state index contributed by atoms with van der Waals surface area (Å²) in [7, 11) is 1.60. The zero-order chi connectivity index (χ0) is 26.4. The molecule has 8 heteroatoms. The van der Waals surface area contributed by atoms with Crippen molar-refractivity contribution < 1.29 is 23.9 Å². The summed E-state index contributed by atoms with van der Waals surface area (Å²) in [6.07, 6.45) is 3.22. The van der Waals surface area contributed by atoms with Gasteiger partial charge in [-0.3, -0.25) is 9.59 Å². The third-order valence-electron chi connectivity index (χ3n) is 5.71. The molecular formula is C27H43N3O5. The van der Waals surface area contributed by atoms with Gasteiger partial charge in [0.25, 0.3) is 0 Å². The Kier molecular flexibility index (Phi) is 13.7. The number of aldehydes is 1. The van der Waals surface area contributed by atoms with E-state index in [4.69, 9.17) is 4.74 Å². The first-order valence-corrected chi connectivity index (χ1v) is 12.6. The first kappa shape index (κ1) is 30.1. The molecule has 0 saturated heterocycles. The molecule has 8 nitrogen and oxygen atoms in total. The number of amides is 3. The zero-order valence-electron chi connectivity index (χ0n) is 22.1. The largest absolute Gasteiger partial charge is 0.445 e. The van der Waals surface area contributed by atoms with Gasteiger partial charge in [-0.1, -0.05) is 77.8 Å². The van der Waals surface area contributed by atoms with Gasteiger partial charge in [-0.05, 0) is 36.7 Å². The Balaban J connectivity index is 2.90. The number of rotatable bonds is 15. The van der Waals surface area contributed by atoms with Crippen LogP contribution in [-0.4, -0.2) is 54.3 Å². The van der Waals surface area contributed by atoms with Gasteiger partial charge in [-0.2, -0.15) is 0 Å². The second-order valence-corrected chi connectivity index (χ2v) is 9.87. The molecule has 0 saturated carbocycles. The molecule has 3 amide bonds. The van der Waals surface area contributed by atoms with Gasteiger partial charge in [-0.25, -0.2) is 4.79 Å². The number of nitrogens with zero attached hydrogens (tertiary/aromatic N) is 1. The highest BCUT2D eigenvalue weighted by atomic mass is 16.5. The summed E-state index contributed by atoms with van der Waals surface area (Å²) in [5.74, 6) is -0.500. The monoisotopic (exact) mass is 489 g/mol. The second-order valence-electron chi connectivity index (χ2n) is 9.87. The fourth-order valence-electron chi connectivity index (χ4n) is 3.75.